The number of ether oxygens (including phenoxy) is 1. The van der Waals surface area contributed by atoms with Gasteiger partial charge in [0, 0.05) is 0 Å². The predicted molar refractivity (Wildman–Crippen MR) is 86.0 cm³/mol. The number of nitrogens with zero attached hydrogens (tertiary/aromatic N) is 1. The van der Waals surface area contributed by atoms with Crippen molar-refractivity contribution in [2.75, 3.05) is 6.61 Å². The van der Waals surface area contributed by atoms with E-state index < -0.39 is 24.6 Å². The Kier molecular flexibility index (Phi) is 5.63. The molecule has 1 aromatic heterocycles. The lowest BCUT2D eigenvalue weighted by molar-refractivity contribution is -0.137. The van der Waals surface area contributed by atoms with E-state index in [9.17, 15) is 17.6 Å². The first-order valence-corrected chi connectivity index (χ1v) is 7.26. The van der Waals surface area contributed by atoms with Crippen LogP contribution in [0.15, 0.2) is 53.2 Å². The average molecular weight is 356 g/mol. The Hall–Kier alpha value is -2.61. The molecular formula is C17H16F4N2O2. The zero-order valence-electron chi connectivity index (χ0n) is 13.3. The third kappa shape index (κ3) is 4.48. The number of rotatable bonds is 6. The smallest absolute Gasteiger partial charge is 0.416 e. The monoisotopic (exact) mass is 356 g/mol. The SMILES string of the molecule is C=C/C=C(\C(=C/C)OCC(N)F)c1nc2cc(C(F)(F)F)ccc2o1. The van der Waals surface area contributed by atoms with Crippen LogP contribution in [0.25, 0.3) is 16.7 Å². The van der Waals surface area contributed by atoms with Crippen LogP contribution in [0.3, 0.4) is 0 Å². The maximum absolute atomic E-state index is 12.8. The normalized spacial score (nSPS) is 14.6. The van der Waals surface area contributed by atoms with E-state index in [-0.39, 0.29) is 22.7 Å². The highest BCUT2D eigenvalue weighted by Gasteiger charge is 2.31. The molecule has 8 heteroatoms. The number of fused-ring (bicyclic) bond motifs is 1. The van der Waals surface area contributed by atoms with Gasteiger partial charge in [-0.1, -0.05) is 12.7 Å². The van der Waals surface area contributed by atoms with Gasteiger partial charge in [-0.05, 0) is 37.3 Å². The summed E-state index contributed by atoms with van der Waals surface area (Å²) in [6.45, 7) is 4.81. The van der Waals surface area contributed by atoms with Crippen LogP contribution in [0.2, 0.25) is 0 Å². The molecule has 1 atom stereocenters. The third-order valence-corrected chi connectivity index (χ3v) is 3.16. The Labute approximate surface area is 141 Å². The minimum Gasteiger partial charge on any atom is -0.489 e. The van der Waals surface area contributed by atoms with Crippen LogP contribution in [0.5, 0.6) is 0 Å². The van der Waals surface area contributed by atoms with Crippen LogP contribution in [0.1, 0.15) is 18.4 Å². The molecule has 0 fully saturated rings. The molecule has 1 aromatic carbocycles. The van der Waals surface area contributed by atoms with Gasteiger partial charge >= 0.3 is 6.18 Å². The Morgan fingerprint density at radius 2 is 2.16 bits per heavy atom. The van der Waals surface area contributed by atoms with E-state index in [0.29, 0.717) is 5.57 Å². The maximum atomic E-state index is 12.8. The molecule has 0 radical (unpaired) electrons. The fourth-order valence-corrected chi connectivity index (χ4v) is 2.08. The van der Waals surface area contributed by atoms with E-state index in [4.69, 9.17) is 14.9 Å². The molecular weight excluding hydrogens is 340 g/mol. The highest BCUT2D eigenvalue weighted by atomic mass is 19.4. The van der Waals surface area contributed by atoms with Crippen molar-refractivity contribution in [3.05, 3.63) is 60.2 Å². The van der Waals surface area contributed by atoms with Gasteiger partial charge in [0.05, 0.1) is 11.1 Å². The molecule has 2 rings (SSSR count). The summed E-state index contributed by atoms with van der Waals surface area (Å²) in [7, 11) is 0. The third-order valence-electron chi connectivity index (χ3n) is 3.16. The number of alkyl halides is 4. The molecule has 2 N–H and O–H groups in total. The van der Waals surface area contributed by atoms with Crippen molar-refractivity contribution < 1.29 is 26.7 Å². The summed E-state index contributed by atoms with van der Waals surface area (Å²) in [5, 5.41) is 0. The fraction of sp³-hybridized carbons (Fsp3) is 0.235. The highest BCUT2D eigenvalue weighted by Crippen LogP contribution is 2.33. The summed E-state index contributed by atoms with van der Waals surface area (Å²) in [6, 6.07) is 2.98. The molecule has 0 saturated carbocycles. The van der Waals surface area contributed by atoms with Gasteiger partial charge in [-0.25, -0.2) is 9.37 Å². The topological polar surface area (TPSA) is 61.3 Å². The number of hydrogen-bond donors (Lipinski definition) is 1. The van der Waals surface area contributed by atoms with Gasteiger partial charge in [0.15, 0.2) is 11.9 Å². The zero-order valence-corrected chi connectivity index (χ0v) is 13.3. The second-order valence-corrected chi connectivity index (χ2v) is 5.00. The number of allylic oxidation sites excluding steroid dienone is 4. The number of benzene rings is 1. The first-order chi connectivity index (χ1) is 11.8. The molecule has 25 heavy (non-hydrogen) atoms. The molecule has 1 heterocycles. The van der Waals surface area contributed by atoms with Crippen LogP contribution >= 0.6 is 0 Å². The molecule has 0 aliphatic carbocycles. The van der Waals surface area contributed by atoms with Crippen LogP contribution in [-0.2, 0) is 10.9 Å². The first-order valence-electron chi connectivity index (χ1n) is 7.26. The van der Waals surface area contributed by atoms with Crippen molar-refractivity contribution in [1.82, 2.24) is 4.98 Å². The van der Waals surface area contributed by atoms with E-state index >= 15 is 0 Å². The van der Waals surface area contributed by atoms with Crippen molar-refractivity contribution >= 4 is 16.7 Å². The summed E-state index contributed by atoms with van der Waals surface area (Å²) in [6.07, 6.45) is -1.71. The van der Waals surface area contributed by atoms with Crippen molar-refractivity contribution in [2.45, 2.75) is 19.4 Å². The summed E-state index contributed by atoms with van der Waals surface area (Å²) in [5.74, 6) is 0.241. The molecule has 0 spiro atoms. The second-order valence-electron chi connectivity index (χ2n) is 5.00. The summed E-state index contributed by atoms with van der Waals surface area (Å²) >= 11 is 0. The zero-order chi connectivity index (χ0) is 18.6. The lowest BCUT2D eigenvalue weighted by atomic mass is 10.2. The number of oxazole rings is 1. The minimum atomic E-state index is -4.48. The maximum Gasteiger partial charge on any atom is 0.416 e. The van der Waals surface area contributed by atoms with E-state index in [1.54, 1.807) is 6.92 Å². The van der Waals surface area contributed by atoms with Gasteiger partial charge in [0.1, 0.15) is 17.9 Å². The number of halogens is 4. The summed E-state index contributed by atoms with van der Waals surface area (Å²) in [5.41, 5.74) is 4.71. The number of aromatic nitrogens is 1. The van der Waals surface area contributed by atoms with Gasteiger partial charge in [-0.15, -0.1) is 0 Å². The molecule has 0 bridgehead atoms. The molecule has 2 aromatic rings. The van der Waals surface area contributed by atoms with Crippen molar-refractivity contribution in [3.8, 4) is 0 Å². The average Bonchev–Trinajstić information content (AvgIpc) is 2.96. The Bertz CT molecular complexity index is 820. The predicted octanol–water partition coefficient (Wildman–Crippen LogP) is 4.59. The van der Waals surface area contributed by atoms with E-state index in [1.165, 1.54) is 24.3 Å². The molecule has 0 aliphatic rings. The molecule has 4 nitrogen and oxygen atoms in total. The number of hydrogen-bond acceptors (Lipinski definition) is 4. The lowest BCUT2D eigenvalue weighted by Gasteiger charge is -2.11. The largest absolute Gasteiger partial charge is 0.489 e. The molecule has 0 aliphatic heterocycles. The second kappa shape index (κ2) is 7.52. The number of nitrogens with two attached hydrogens (primary N) is 1. The van der Waals surface area contributed by atoms with Crippen LogP contribution in [-0.4, -0.2) is 17.9 Å². The molecule has 0 saturated heterocycles. The Morgan fingerprint density at radius 1 is 1.44 bits per heavy atom. The van der Waals surface area contributed by atoms with Crippen molar-refractivity contribution in [2.24, 2.45) is 5.73 Å². The molecule has 1 unspecified atom stereocenters. The Balaban J connectivity index is 2.45. The van der Waals surface area contributed by atoms with Crippen LogP contribution < -0.4 is 5.73 Å². The minimum absolute atomic E-state index is 0.0229. The lowest BCUT2D eigenvalue weighted by Crippen LogP contribution is -2.20. The van der Waals surface area contributed by atoms with E-state index in [2.05, 4.69) is 11.6 Å². The fourth-order valence-electron chi connectivity index (χ4n) is 2.08. The van der Waals surface area contributed by atoms with Crippen LogP contribution in [0.4, 0.5) is 17.6 Å². The van der Waals surface area contributed by atoms with Crippen LogP contribution in [0, 0.1) is 0 Å². The van der Waals surface area contributed by atoms with Gasteiger partial charge in [-0.2, -0.15) is 13.2 Å². The van der Waals surface area contributed by atoms with Crippen molar-refractivity contribution in [3.63, 3.8) is 0 Å². The van der Waals surface area contributed by atoms with Gasteiger partial charge in [0.2, 0.25) is 5.89 Å². The molecule has 134 valence electrons. The molecule has 0 amide bonds. The Morgan fingerprint density at radius 3 is 2.72 bits per heavy atom. The van der Waals surface area contributed by atoms with Gasteiger partial charge in [0.25, 0.3) is 0 Å². The first kappa shape index (κ1) is 18.7. The van der Waals surface area contributed by atoms with Gasteiger partial charge < -0.3 is 9.15 Å². The van der Waals surface area contributed by atoms with E-state index in [0.717, 1.165) is 12.1 Å². The quantitative estimate of drug-likeness (QED) is 0.356. The van der Waals surface area contributed by atoms with Crippen molar-refractivity contribution in [1.29, 1.82) is 0 Å². The summed E-state index contributed by atoms with van der Waals surface area (Å²) < 4.78 is 62.0. The summed E-state index contributed by atoms with van der Waals surface area (Å²) in [4.78, 5) is 4.07. The standard InChI is InChI=1S/C17H16F4N2O2/c1-3-5-11(13(4-2)24-9-15(18)22)16-23-12-8-10(17(19,20)21)6-7-14(12)25-16/h3-8,15H,1,9,22H2,2H3/b11-5+,13-4+. The van der Waals surface area contributed by atoms with E-state index in [1.807, 2.05) is 0 Å². The van der Waals surface area contributed by atoms with Gasteiger partial charge in [-0.3, -0.25) is 5.73 Å². The highest BCUT2D eigenvalue weighted by molar-refractivity contribution is 5.80.